The van der Waals surface area contributed by atoms with Gasteiger partial charge in [0.1, 0.15) is 5.82 Å². The number of amides is 1. The molecule has 1 aromatic carbocycles. The van der Waals surface area contributed by atoms with Crippen molar-refractivity contribution in [2.45, 2.75) is 13.0 Å². The van der Waals surface area contributed by atoms with Crippen LogP contribution in [-0.4, -0.2) is 30.4 Å². The van der Waals surface area contributed by atoms with E-state index in [9.17, 15) is 9.18 Å². The zero-order valence-corrected chi connectivity index (χ0v) is 14.9. The Labute approximate surface area is 148 Å². The molecule has 1 aliphatic heterocycles. The molecule has 2 heterocycles. The van der Waals surface area contributed by atoms with E-state index in [0.29, 0.717) is 30.1 Å². The maximum atomic E-state index is 13.5. The number of aryl methyl sites for hydroxylation is 1. The van der Waals surface area contributed by atoms with Crippen LogP contribution in [0.5, 0.6) is 0 Å². The number of furan rings is 1. The molecule has 4 nitrogen and oxygen atoms in total. The van der Waals surface area contributed by atoms with Crippen LogP contribution in [0.15, 0.2) is 39.4 Å². The largest absolute Gasteiger partial charge is 0.444 e. The molecule has 0 spiro atoms. The van der Waals surface area contributed by atoms with Gasteiger partial charge in [0.25, 0.3) is 5.91 Å². The molecule has 7 heteroatoms. The average molecular weight is 404 g/mol. The van der Waals surface area contributed by atoms with E-state index in [1.807, 2.05) is 13.0 Å². The molecule has 2 aromatic rings. The van der Waals surface area contributed by atoms with Crippen LogP contribution in [0.1, 0.15) is 27.7 Å². The number of hydrogen-bond acceptors (Lipinski definition) is 3. The van der Waals surface area contributed by atoms with Crippen LogP contribution in [-0.2, 0) is 0 Å². The summed E-state index contributed by atoms with van der Waals surface area (Å²) in [7, 11) is 0. The molecule has 1 amide bonds. The van der Waals surface area contributed by atoms with Gasteiger partial charge in [0.05, 0.1) is 6.04 Å². The van der Waals surface area contributed by atoms with Crippen molar-refractivity contribution in [1.82, 2.24) is 10.2 Å². The number of rotatable bonds is 2. The van der Waals surface area contributed by atoms with Gasteiger partial charge >= 0.3 is 0 Å². The topological polar surface area (TPSA) is 45.5 Å². The molecule has 1 unspecified atom stereocenters. The summed E-state index contributed by atoms with van der Waals surface area (Å²) in [5.74, 6) is -0.137. The number of nitrogens with one attached hydrogen (secondary N) is 1. The lowest BCUT2D eigenvalue weighted by Crippen LogP contribution is -2.48. The van der Waals surface area contributed by atoms with Crippen LogP contribution in [0.2, 0.25) is 0 Å². The molecule has 1 aliphatic rings. The smallest absolute Gasteiger partial charge is 0.290 e. The van der Waals surface area contributed by atoms with Crippen molar-refractivity contribution in [3.8, 4) is 0 Å². The van der Waals surface area contributed by atoms with Gasteiger partial charge in [-0.25, -0.2) is 4.39 Å². The first kappa shape index (κ1) is 18.0. The average Bonchev–Trinajstić information content (AvgIpc) is 2.85. The summed E-state index contributed by atoms with van der Waals surface area (Å²) in [5.41, 5.74) is 1.57. The molecule has 1 N–H and O–H groups in total. The predicted octanol–water partition coefficient (Wildman–Crippen LogP) is 3.70. The van der Waals surface area contributed by atoms with Crippen LogP contribution in [0.4, 0.5) is 4.39 Å². The highest BCUT2D eigenvalue weighted by Gasteiger charge is 2.31. The van der Waals surface area contributed by atoms with Crippen molar-refractivity contribution in [2.24, 2.45) is 0 Å². The Morgan fingerprint density at radius 2 is 2.22 bits per heavy atom. The van der Waals surface area contributed by atoms with Crippen molar-refractivity contribution in [1.29, 1.82) is 0 Å². The molecule has 23 heavy (non-hydrogen) atoms. The zero-order chi connectivity index (χ0) is 15.7. The minimum atomic E-state index is -0.299. The quantitative estimate of drug-likeness (QED) is 0.832. The van der Waals surface area contributed by atoms with Crippen LogP contribution >= 0.6 is 28.3 Å². The van der Waals surface area contributed by atoms with Gasteiger partial charge in [-0.1, -0.05) is 12.1 Å². The molecule has 1 aromatic heterocycles. The lowest BCUT2D eigenvalue weighted by atomic mass is 10.0. The third-order valence-corrected chi connectivity index (χ3v) is 4.21. The van der Waals surface area contributed by atoms with Crippen molar-refractivity contribution in [3.05, 3.63) is 57.7 Å². The summed E-state index contributed by atoms with van der Waals surface area (Å²) in [6, 6.07) is 7.94. The Morgan fingerprint density at radius 3 is 2.87 bits per heavy atom. The fraction of sp³-hybridized carbons (Fsp3) is 0.312. The Kier molecular flexibility index (Phi) is 5.84. The third-order valence-electron chi connectivity index (χ3n) is 3.82. The molecular weight excluding hydrogens is 387 g/mol. The first-order chi connectivity index (χ1) is 10.6. The number of carbonyl (C=O) groups excluding carboxylic acids is 1. The third kappa shape index (κ3) is 3.76. The second-order valence-electron chi connectivity index (χ2n) is 5.34. The number of nitrogens with zero attached hydrogens (tertiary/aromatic N) is 1. The monoisotopic (exact) mass is 402 g/mol. The van der Waals surface area contributed by atoms with Gasteiger partial charge in [0.2, 0.25) is 0 Å². The van der Waals surface area contributed by atoms with E-state index in [-0.39, 0.29) is 30.2 Å². The number of benzene rings is 1. The molecule has 1 saturated heterocycles. The molecule has 124 valence electrons. The van der Waals surface area contributed by atoms with Crippen molar-refractivity contribution in [2.75, 3.05) is 19.6 Å². The first-order valence-corrected chi connectivity index (χ1v) is 7.88. The highest BCUT2D eigenvalue weighted by atomic mass is 79.9. The highest BCUT2D eigenvalue weighted by molar-refractivity contribution is 9.10. The fourth-order valence-electron chi connectivity index (χ4n) is 2.75. The maximum absolute atomic E-state index is 13.5. The lowest BCUT2D eigenvalue weighted by Gasteiger charge is -2.36. The van der Waals surface area contributed by atoms with E-state index in [1.54, 1.807) is 17.0 Å². The minimum absolute atomic E-state index is 0. The van der Waals surface area contributed by atoms with Gasteiger partial charge in [0, 0.05) is 25.2 Å². The Bertz CT molecular complexity index is 707. The van der Waals surface area contributed by atoms with Crippen LogP contribution in [0, 0.1) is 12.7 Å². The van der Waals surface area contributed by atoms with Crippen LogP contribution in [0.3, 0.4) is 0 Å². The van der Waals surface area contributed by atoms with E-state index in [2.05, 4.69) is 21.2 Å². The fourth-order valence-corrected chi connectivity index (χ4v) is 3.25. The number of hydrogen-bond donors (Lipinski definition) is 1. The number of piperazine rings is 1. The van der Waals surface area contributed by atoms with E-state index >= 15 is 0 Å². The van der Waals surface area contributed by atoms with Gasteiger partial charge in [-0.05, 0) is 46.6 Å². The Balaban J connectivity index is 0.00000192. The SMILES string of the molecule is Cc1cc(Br)oc1C(=O)N1CCNCC1c1cccc(F)c1.Cl. The Morgan fingerprint density at radius 1 is 1.43 bits per heavy atom. The summed E-state index contributed by atoms with van der Waals surface area (Å²) in [6.07, 6.45) is 0. The van der Waals surface area contributed by atoms with Crippen LogP contribution < -0.4 is 5.32 Å². The lowest BCUT2D eigenvalue weighted by molar-refractivity contribution is 0.0599. The van der Waals surface area contributed by atoms with Crippen LogP contribution in [0.25, 0.3) is 0 Å². The summed E-state index contributed by atoms with van der Waals surface area (Å²) >= 11 is 3.25. The zero-order valence-electron chi connectivity index (χ0n) is 12.5. The minimum Gasteiger partial charge on any atom is -0.444 e. The maximum Gasteiger partial charge on any atom is 0.290 e. The molecule has 3 rings (SSSR count). The summed E-state index contributed by atoms with van der Waals surface area (Å²) in [6.45, 7) is 3.69. The van der Waals surface area contributed by atoms with E-state index < -0.39 is 0 Å². The van der Waals surface area contributed by atoms with Gasteiger partial charge in [-0.3, -0.25) is 4.79 Å². The highest BCUT2D eigenvalue weighted by Crippen LogP contribution is 2.27. The molecule has 0 radical (unpaired) electrons. The van der Waals surface area contributed by atoms with Gasteiger partial charge in [-0.15, -0.1) is 12.4 Å². The molecule has 0 saturated carbocycles. The second kappa shape index (κ2) is 7.47. The van der Waals surface area contributed by atoms with E-state index in [4.69, 9.17) is 4.42 Å². The van der Waals surface area contributed by atoms with E-state index in [1.165, 1.54) is 12.1 Å². The first-order valence-electron chi connectivity index (χ1n) is 7.09. The van der Waals surface area contributed by atoms with E-state index in [0.717, 1.165) is 11.1 Å². The van der Waals surface area contributed by atoms with Crippen molar-refractivity contribution in [3.63, 3.8) is 0 Å². The van der Waals surface area contributed by atoms with Gasteiger partial charge < -0.3 is 14.6 Å². The molecular formula is C16H17BrClFN2O2. The van der Waals surface area contributed by atoms with Gasteiger partial charge in [0.15, 0.2) is 10.4 Å². The van der Waals surface area contributed by atoms with Crippen molar-refractivity contribution < 1.29 is 13.6 Å². The summed E-state index contributed by atoms with van der Waals surface area (Å²) < 4.78 is 19.5. The standard InChI is InChI=1S/C16H16BrFN2O2.ClH/c1-10-7-14(17)22-15(10)16(21)20-6-5-19-9-13(20)11-3-2-4-12(18)8-11;/h2-4,7-8,13,19H,5-6,9H2,1H3;1H. The van der Waals surface area contributed by atoms with Gasteiger partial charge in [-0.2, -0.15) is 0 Å². The molecule has 0 aliphatic carbocycles. The summed E-state index contributed by atoms with van der Waals surface area (Å²) in [5, 5.41) is 3.25. The number of halogens is 3. The predicted molar refractivity (Wildman–Crippen MR) is 91.4 cm³/mol. The molecule has 1 atom stereocenters. The second-order valence-corrected chi connectivity index (χ2v) is 6.12. The number of carbonyl (C=O) groups is 1. The summed E-state index contributed by atoms with van der Waals surface area (Å²) in [4.78, 5) is 14.5. The van der Waals surface area contributed by atoms with Crippen molar-refractivity contribution >= 4 is 34.2 Å². The Hall–Kier alpha value is -1.37. The normalized spacial score (nSPS) is 17.7. The molecule has 0 bridgehead atoms. The molecule has 1 fully saturated rings.